The maximum atomic E-state index is 6.19. The van der Waals surface area contributed by atoms with Gasteiger partial charge >= 0.3 is 0 Å². The van der Waals surface area contributed by atoms with Gasteiger partial charge in [0, 0.05) is 16.1 Å². The monoisotopic (exact) mass is 299 g/mol. The van der Waals surface area contributed by atoms with Gasteiger partial charge in [-0.1, -0.05) is 55.5 Å². The first-order chi connectivity index (χ1) is 9.20. The fourth-order valence-electron chi connectivity index (χ4n) is 3.08. The van der Waals surface area contributed by atoms with Crippen molar-refractivity contribution in [1.29, 1.82) is 0 Å². The van der Waals surface area contributed by atoms with Crippen LogP contribution >= 0.6 is 23.2 Å². The van der Waals surface area contributed by atoms with Crippen LogP contribution in [0.2, 0.25) is 10.0 Å². The predicted molar refractivity (Wildman–Crippen MR) is 84.2 cm³/mol. The molecular weight excluding hydrogens is 277 g/mol. The molecule has 0 radical (unpaired) electrons. The minimum absolute atomic E-state index is 0.699. The van der Waals surface area contributed by atoms with Crippen LogP contribution in [-0.2, 0) is 6.42 Å². The van der Waals surface area contributed by atoms with Gasteiger partial charge in [-0.2, -0.15) is 0 Å². The Morgan fingerprint density at radius 3 is 2.74 bits per heavy atom. The summed E-state index contributed by atoms with van der Waals surface area (Å²) >= 11 is 12.1. The van der Waals surface area contributed by atoms with Gasteiger partial charge < -0.3 is 5.32 Å². The summed E-state index contributed by atoms with van der Waals surface area (Å²) in [7, 11) is 0. The zero-order chi connectivity index (χ0) is 13.7. The molecule has 2 rings (SSSR count). The van der Waals surface area contributed by atoms with Crippen LogP contribution in [0.15, 0.2) is 18.2 Å². The minimum Gasteiger partial charge on any atom is -0.313 e. The molecule has 0 aromatic heterocycles. The van der Waals surface area contributed by atoms with Crippen LogP contribution in [0.5, 0.6) is 0 Å². The van der Waals surface area contributed by atoms with E-state index >= 15 is 0 Å². The van der Waals surface area contributed by atoms with Crippen molar-refractivity contribution in [3.8, 4) is 0 Å². The molecule has 1 aromatic carbocycles. The van der Waals surface area contributed by atoms with E-state index in [9.17, 15) is 0 Å². The number of benzene rings is 1. The summed E-state index contributed by atoms with van der Waals surface area (Å²) in [6.07, 6.45) is 7.75. The second kappa shape index (κ2) is 7.52. The Hall–Kier alpha value is -0.240. The second-order valence-corrected chi connectivity index (χ2v) is 6.34. The van der Waals surface area contributed by atoms with E-state index < -0.39 is 0 Å². The Labute approximate surface area is 126 Å². The lowest BCUT2D eigenvalue weighted by Gasteiger charge is -2.31. The lowest BCUT2D eigenvalue weighted by Crippen LogP contribution is -2.39. The van der Waals surface area contributed by atoms with Crippen molar-refractivity contribution in [2.45, 2.75) is 51.5 Å². The van der Waals surface area contributed by atoms with Gasteiger partial charge in [-0.15, -0.1) is 0 Å². The molecule has 3 heteroatoms. The van der Waals surface area contributed by atoms with E-state index in [4.69, 9.17) is 23.2 Å². The summed E-state index contributed by atoms with van der Waals surface area (Å²) in [5.41, 5.74) is 1.18. The lowest BCUT2D eigenvalue weighted by molar-refractivity contribution is 0.257. The van der Waals surface area contributed by atoms with Crippen LogP contribution in [-0.4, -0.2) is 12.6 Å². The minimum atomic E-state index is 0.699. The summed E-state index contributed by atoms with van der Waals surface area (Å²) in [6, 6.07) is 6.47. The number of nitrogens with one attached hydrogen (secondary N) is 1. The molecule has 19 heavy (non-hydrogen) atoms. The average molecular weight is 300 g/mol. The zero-order valence-electron chi connectivity index (χ0n) is 11.6. The van der Waals surface area contributed by atoms with Crippen LogP contribution in [0.4, 0.5) is 0 Å². The molecule has 0 heterocycles. The van der Waals surface area contributed by atoms with Crippen molar-refractivity contribution in [2.75, 3.05) is 6.54 Å². The molecule has 1 aromatic rings. The molecular formula is C16H23Cl2N. The van der Waals surface area contributed by atoms with E-state index in [2.05, 4.69) is 12.2 Å². The molecule has 1 fully saturated rings. The SMILES string of the molecule is CCC1CCCCC1NCCc1ccc(Cl)cc1Cl. The van der Waals surface area contributed by atoms with Gasteiger partial charge in [0.2, 0.25) is 0 Å². The maximum Gasteiger partial charge on any atom is 0.0453 e. The van der Waals surface area contributed by atoms with Crippen molar-refractivity contribution < 1.29 is 0 Å². The second-order valence-electron chi connectivity index (χ2n) is 5.50. The van der Waals surface area contributed by atoms with Crippen molar-refractivity contribution in [3.05, 3.63) is 33.8 Å². The number of hydrogen-bond donors (Lipinski definition) is 1. The summed E-state index contributed by atoms with van der Waals surface area (Å²) in [5, 5.41) is 5.21. The zero-order valence-corrected chi connectivity index (χ0v) is 13.1. The van der Waals surface area contributed by atoms with E-state index in [0.717, 1.165) is 23.9 Å². The highest BCUT2D eigenvalue weighted by atomic mass is 35.5. The molecule has 0 amide bonds. The third-order valence-electron chi connectivity index (χ3n) is 4.25. The van der Waals surface area contributed by atoms with Crippen LogP contribution in [0.3, 0.4) is 0 Å². The smallest absolute Gasteiger partial charge is 0.0453 e. The van der Waals surface area contributed by atoms with E-state index in [0.29, 0.717) is 11.1 Å². The first-order valence-electron chi connectivity index (χ1n) is 7.38. The molecule has 1 nitrogen and oxygen atoms in total. The molecule has 2 atom stereocenters. The van der Waals surface area contributed by atoms with Crippen LogP contribution < -0.4 is 5.32 Å². The largest absolute Gasteiger partial charge is 0.313 e. The van der Waals surface area contributed by atoms with Crippen molar-refractivity contribution in [1.82, 2.24) is 5.32 Å². The summed E-state index contributed by atoms with van der Waals surface area (Å²) < 4.78 is 0. The fraction of sp³-hybridized carbons (Fsp3) is 0.625. The van der Waals surface area contributed by atoms with Gasteiger partial charge in [-0.05, 0) is 49.4 Å². The molecule has 1 aliphatic carbocycles. The topological polar surface area (TPSA) is 12.0 Å². The fourth-order valence-corrected chi connectivity index (χ4v) is 3.58. The summed E-state index contributed by atoms with van der Waals surface area (Å²) in [4.78, 5) is 0. The van der Waals surface area contributed by atoms with Gasteiger partial charge in [0.15, 0.2) is 0 Å². The van der Waals surface area contributed by atoms with E-state index in [1.54, 1.807) is 0 Å². The van der Waals surface area contributed by atoms with Crippen molar-refractivity contribution >= 4 is 23.2 Å². The average Bonchev–Trinajstić information content (AvgIpc) is 2.42. The van der Waals surface area contributed by atoms with Crippen LogP contribution in [0.1, 0.15) is 44.6 Å². The van der Waals surface area contributed by atoms with Gasteiger partial charge in [-0.3, -0.25) is 0 Å². The molecule has 0 aliphatic heterocycles. The van der Waals surface area contributed by atoms with Crippen LogP contribution in [0.25, 0.3) is 0 Å². The van der Waals surface area contributed by atoms with Gasteiger partial charge in [-0.25, -0.2) is 0 Å². The van der Waals surface area contributed by atoms with E-state index in [-0.39, 0.29) is 0 Å². The molecule has 0 saturated heterocycles. The molecule has 0 bridgehead atoms. The first kappa shape index (κ1) is 15.2. The Bertz CT molecular complexity index is 406. The standard InChI is InChI=1S/C16H23Cl2N/c1-2-12-5-3-4-6-16(12)19-10-9-13-7-8-14(17)11-15(13)18/h7-8,11-12,16,19H,2-6,9-10H2,1H3. The maximum absolute atomic E-state index is 6.19. The molecule has 1 N–H and O–H groups in total. The Morgan fingerprint density at radius 2 is 2.00 bits per heavy atom. The highest BCUT2D eigenvalue weighted by Crippen LogP contribution is 2.27. The number of halogens is 2. The Morgan fingerprint density at radius 1 is 1.21 bits per heavy atom. The van der Waals surface area contributed by atoms with Gasteiger partial charge in [0.1, 0.15) is 0 Å². The Balaban J connectivity index is 1.82. The summed E-state index contributed by atoms with van der Waals surface area (Å²) in [5.74, 6) is 0.856. The number of hydrogen-bond acceptors (Lipinski definition) is 1. The quantitative estimate of drug-likeness (QED) is 0.798. The highest BCUT2D eigenvalue weighted by molar-refractivity contribution is 6.35. The molecule has 1 saturated carbocycles. The third-order valence-corrected chi connectivity index (χ3v) is 4.84. The van der Waals surface area contributed by atoms with E-state index in [1.165, 1.54) is 37.7 Å². The Kier molecular flexibility index (Phi) is 6.00. The van der Waals surface area contributed by atoms with Crippen molar-refractivity contribution in [2.24, 2.45) is 5.92 Å². The normalized spacial score (nSPS) is 23.5. The molecule has 106 valence electrons. The first-order valence-corrected chi connectivity index (χ1v) is 8.13. The lowest BCUT2D eigenvalue weighted by atomic mass is 9.83. The summed E-state index contributed by atoms with van der Waals surface area (Å²) in [6.45, 7) is 3.31. The van der Waals surface area contributed by atoms with Crippen LogP contribution in [0, 0.1) is 5.92 Å². The van der Waals surface area contributed by atoms with Crippen molar-refractivity contribution in [3.63, 3.8) is 0 Å². The van der Waals surface area contributed by atoms with E-state index in [1.807, 2.05) is 18.2 Å². The van der Waals surface area contributed by atoms with Gasteiger partial charge in [0.05, 0.1) is 0 Å². The third kappa shape index (κ3) is 4.37. The predicted octanol–water partition coefficient (Wildman–Crippen LogP) is 5.09. The molecule has 2 unspecified atom stereocenters. The molecule has 1 aliphatic rings. The number of rotatable bonds is 5. The van der Waals surface area contributed by atoms with Gasteiger partial charge in [0.25, 0.3) is 0 Å². The highest BCUT2D eigenvalue weighted by Gasteiger charge is 2.22. The molecule has 0 spiro atoms.